The van der Waals surface area contributed by atoms with Crippen molar-refractivity contribution < 1.29 is 0 Å². The Morgan fingerprint density at radius 1 is 1.18 bits per heavy atom. The molecule has 0 aliphatic carbocycles. The molecule has 0 saturated heterocycles. The Hall–Kier alpha value is -1.11. The van der Waals surface area contributed by atoms with Crippen molar-refractivity contribution in [2.45, 2.75) is 13.8 Å². The molecule has 0 aliphatic heterocycles. The van der Waals surface area contributed by atoms with Crippen LogP contribution in [0.5, 0.6) is 0 Å². The van der Waals surface area contributed by atoms with Gasteiger partial charge in [0.15, 0.2) is 0 Å². The summed E-state index contributed by atoms with van der Waals surface area (Å²) in [6.45, 7) is 4.10. The van der Waals surface area contributed by atoms with Gasteiger partial charge >= 0.3 is 0 Å². The van der Waals surface area contributed by atoms with Gasteiger partial charge in [-0.25, -0.2) is 0 Å². The van der Waals surface area contributed by atoms with Crippen LogP contribution in [0.25, 0.3) is 0 Å². The Labute approximate surface area is 67.8 Å². The molecular formula is C10H13N. The van der Waals surface area contributed by atoms with Crippen LogP contribution in [0.15, 0.2) is 29.3 Å². The molecule has 0 aliphatic rings. The van der Waals surface area contributed by atoms with Crippen LogP contribution in [0.4, 0.5) is 0 Å². The second kappa shape index (κ2) is 3.33. The van der Waals surface area contributed by atoms with Crippen LogP contribution in [0, 0.1) is 6.92 Å². The number of aryl methyl sites for hydroxylation is 1. The van der Waals surface area contributed by atoms with Crippen LogP contribution >= 0.6 is 0 Å². The standard InChI is InChI=1S/C10H13N/c1-8-4-6-10(7-5-8)9(2)11-3/h4-7H,1-3H3/b11-9-. The highest BCUT2D eigenvalue weighted by Gasteiger charge is 1.93. The zero-order chi connectivity index (χ0) is 8.27. The van der Waals surface area contributed by atoms with E-state index in [-0.39, 0.29) is 0 Å². The topological polar surface area (TPSA) is 12.4 Å². The molecule has 0 spiro atoms. The summed E-state index contributed by atoms with van der Waals surface area (Å²) in [4.78, 5) is 4.11. The fourth-order valence-corrected chi connectivity index (χ4v) is 0.924. The van der Waals surface area contributed by atoms with Gasteiger partial charge in [0, 0.05) is 12.8 Å². The van der Waals surface area contributed by atoms with E-state index in [1.165, 1.54) is 11.1 Å². The van der Waals surface area contributed by atoms with Crippen molar-refractivity contribution in [1.29, 1.82) is 0 Å². The van der Waals surface area contributed by atoms with Gasteiger partial charge in [-0.15, -0.1) is 0 Å². The molecule has 0 radical (unpaired) electrons. The molecule has 1 aromatic carbocycles. The van der Waals surface area contributed by atoms with Crippen molar-refractivity contribution in [3.63, 3.8) is 0 Å². The van der Waals surface area contributed by atoms with Crippen LogP contribution in [-0.2, 0) is 0 Å². The molecule has 0 aromatic heterocycles. The van der Waals surface area contributed by atoms with Crippen molar-refractivity contribution in [2.75, 3.05) is 7.05 Å². The highest BCUT2D eigenvalue weighted by Crippen LogP contribution is 2.03. The van der Waals surface area contributed by atoms with Crippen LogP contribution in [0.3, 0.4) is 0 Å². The molecule has 0 saturated carbocycles. The summed E-state index contributed by atoms with van der Waals surface area (Å²) in [7, 11) is 1.81. The van der Waals surface area contributed by atoms with Gasteiger partial charge in [0.2, 0.25) is 0 Å². The summed E-state index contributed by atoms with van der Waals surface area (Å²) >= 11 is 0. The average Bonchev–Trinajstić information content (AvgIpc) is 2.05. The molecule has 0 atom stereocenters. The Bertz CT molecular complexity index is 257. The minimum atomic E-state index is 1.09. The minimum Gasteiger partial charge on any atom is -0.293 e. The van der Waals surface area contributed by atoms with Crippen LogP contribution in [0.2, 0.25) is 0 Å². The quantitative estimate of drug-likeness (QED) is 0.541. The third-order valence-corrected chi connectivity index (χ3v) is 1.80. The van der Waals surface area contributed by atoms with E-state index in [9.17, 15) is 0 Å². The summed E-state index contributed by atoms with van der Waals surface area (Å²) in [6, 6.07) is 8.39. The summed E-state index contributed by atoms with van der Waals surface area (Å²) in [6.07, 6.45) is 0. The van der Waals surface area contributed by atoms with Gasteiger partial charge in [0.25, 0.3) is 0 Å². The normalized spacial score (nSPS) is 11.7. The van der Waals surface area contributed by atoms with E-state index in [1.807, 2.05) is 14.0 Å². The van der Waals surface area contributed by atoms with E-state index in [2.05, 4.69) is 36.2 Å². The van der Waals surface area contributed by atoms with Gasteiger partial charge in [-0.2, -0.15) is 0 Å². The first-order chi connectivity index (χ1) is 5.24. The molecule has 1 aromatic rings. The summed E-state index contributed by atoms with van der Waals surface area (Å²) < 4.78 is 0. The number of hydrogen-bond acceptors (Lipinski definition) is 1. The number of rotatable bonds is 1. The second-order valence-corrected chi connectivity index (χ2v) is 2.68. The highest BCUT2D eigenvalue weighted by atomic mass is 14.7. The first kappa shape index (κ1) is 7.99. The lowest BCUT2D eigenvalue weighted by Gasteiger charge is -1.98. The number of hydrogen-bond donors (Lipinski definition) is 0. The highest BCUT2D eigenvalue weighted by molar-refractivity contribution is 5.98. The van der Waals surface area contributed by atoms with E-state index >= 15 is 0 Å². The van der Waals surface area contributed by atoms with Crippen molar-refractivity contribution in [3.8, 4) is 0 Å². The largest absolute Gasteiger partial charge is 0.293 e. The first-order valence-corrected chi connectivity index (χ1v) is 3.74. The van der Waals surface area contributed by atoms with Gasteiger partial charge in [0.05, 0.1) is 0 Å². The second-order valence-electron chi connectivity index (χ2n) is 2.68. The molecule has 0 bridgehead atoms. The predicted molar refractivity (Wildman–Crippen MR) is 49.3 cm³/mol. The number of benzene rings is 1. The van der Waals surface area contributed by atoms with Crippen LogP contribution in [0.1, 0.15) is 18.1 Å². The molecule has 0 fully saturated rings. The molecule has 0 amide bonds. The van der Waals surface area contributed by atoms with Gasteiger partial charge in [-0.3, -0.25) is 4.99 Å². The Kier molecular flexibility index (Phi) is 2.42. The summed E-state index contributed by atoms with van der Waals surface area (Å²) in [5.74, 6) is 0. The van der Waals surface area contributed by atoms with Crippen molar-refractivity contribution in [1.82, 2.24) is 0 Å². The van der Waals surface area contributed by atoms with Gasteiger partial charge in [0.1, 0.15) is 0 Å². The monoisotopic (exact) mass is 147 g/mol. The fourth-order valence-electron chi connectivity index (χ4n) is 0.924. The number of nitrogens with zero attached hydrogens (tertiary/aromatic N) is 1. The molecule has 11 heavy (non-hydrogen) atoms. The molecular weight excluding hydrogens is 134 g/mol. The van der Waals surface area contributed by atoms with E-state index in [4.69, 9.17) is 0 Å². The Morgan fingerprint density at radius 3 is 2.18 bits per heavy atom. The van der Waals surface area contributed by atoms with E-state index in [0.717, 1.165) is 5.71 Å². The molecule has 0 heterocycles. The molecule has 1 nitrogen and oxygen atoms in total. The summed E-state index contributed by atoms with van der Waals surface area (Å²) in [5.41, 5.74) is 3.58. The maximum absolute atomic E-state index is 4.11. The molecule has 0 unspecified atom stereocenters. The summed E-state index contributed by atoms with van der Waals surface area (Å²) in [5, 5.41) is 0. The first-order valence-electron chi connectivity index (χ1n) is 3.74. The van der Waals surface area contributed by atoms with Crippen LogP contribution < -0.4 is 0 Å². The third-order valence-electron chi connectivity index (χ3n) is 1.80. The minimum absolute atomic E-state index is 1.09. The molecule has 1 rings (SSSR count). The zero-order valence-electron chi connectivity index (χ0n) is 7.26. The molecule has 58 valence electrons. The maximum Gasteiger partial charge on any atom is 0.0386 e. The van der Waals surface area contributed by atoms with E-state index in [0.29, 0.717) is 0 Å². The SMILES string of the molecule is C/N=C(/C)c1ccc(C)cc1. The van der Waals surface area contributed by atoms with Crippen LogP contribution in [-0.4, -0.2) is 12.8 Å². The molecule has 1 heteroatoms. The zero-order valence-corrected chi connectivity index (χ0v) is 7.26. The average molecular weight is 147 g/mol. The smallest absolute Gasteiger partial charge is 0.0386 e. The Balaban J connectivity index is 2.99. The Morgan fingerprint density at radius 2 is 1.73 bits per heavy atom. The molecule has 0 N–H and O–H groups in total. The van der Waals surface area contributed by atoms with Gasteiger partial charge in [-0.1, -0.05) is 29.8 Å². The third kappa shape index (κ3) is 1.90. The maximum atomic E-state index is 4.11. The van der Waals surface area contributed by atoms with E-state index < -0.39 is 0 Å². The van der Waals surface area contributed by atoms with Crippen molar-refractivity contribution in [3.05, 3.63) is 35.4 Å². The van der Waals surface area contributed by atoms with Gasteiger partial charge in [-0.05, 0) is 19.4 Å². The van der Waals surface area contributed by atoms with Crippen molar-refractivity contribution >= 4 is 5.71 Å². The van der Waals surface area contributed by atoms with Gasteiger partial charge < -0.3 is 0 Å². The lowest BCUT2D eigenvalue weighted by Crippen LogP contribution is -1.92. The fraction of sp³-hybridized carbons (Fsp3) is 0.300. The van der Waals surface area contributed by atoms with Crippen molar-refractivity contribution in [2.24, 2.45) is 4.99 Å². The van der Waals surface area contributed by atoms with E-state index in [1.54, 1.807) is 0 Å². The lowest BCUT2D eigenvalue weighted by molar-refractivity contribution is 1.39. The lowest BCUT2D eigenvalue weighted by atomic mass is 10.1. The number of aliphatic imine (C=N–C) groups is 1. The predicted octanol–water partition coefficient (Wildman–Crippen LogP) is 2.43.